The second-order valence-electron chi connectivity index (χ2n) is 6.55. The summed E-state index contributed by atoms with van der Waals surface area (Å²) in [5.74, 6) is 1.66. The van der Waals surface area contributed by atoms with E-state index < -0.39 is 0 Å². The normalized spacial score (nSPS) is 19.6. The van der Waals surface area contributed by atoms with E-state index in [1.807, 2.05) is 17.3 Å². The summed E-state index contributed by atoms with van der Waals surface area (Å²) in [4.78, 5) is 30.3. The van der Waals surface area contributed by atoms with Gasteiger partial charge in [-0.3, -0.25) is 9.59 Å². The zero-order chi connectivity index (χ0) is 17.1. The van der Waals surface area contributed by atoms with Crippen LogP contribution in [0.15, 0.2) is 17.5 Å². The maximum Gasteiger partial charge on any atom is 0.270 e. The summed E-state index contributed by atoms with van der Waals surface area (Å²) < 4.78 is 2.23. The highest BCUT2D eigenvalue weighted by molar-refractivity contribution is 6.39. The zero-order valence-corrected chi connectivity index (χ0v) is 14.4. The molecule has 0 unspecified atom stereocenters. The number of aryl methyl sites for hydroxylation is 1. The molecular weight excluding hydrogens is 306 g/mol. The van der Waals surface area contributed by atoms with Crippen LogP contribution in [0.3, 0.4) is 0 Å². The Bertz CT molecular complexity index is 643. The lowest BCUT2D eigenvalue weighted by molar-refractivity contribution is -0.130. The van der Waals surface area contributed by atoms with Gasteiger partial charge >= 0.3 is 0 Å². The van der Waals surface area contributed by atoms with Gasteiger partial charge in [0.15, 0.2) is 0 Å². The molecule has 1 aromatic heterocycles. The molecule has 0 spiro atoms. The number of nitrogens with zero attached hydrogens (tertiary/aromatic N) is 5. The maximum absolute atomic E-state index is 12.6. The number of rotatable bonds is 4. The van der Waals surface area contributed by atoms with Gasteiger partial charge in [-0.1, -0.05) is 6.92 Å². The topological polar surface area (TPSA) is 70.8 Å². The second-order valence-corrected chi connectivity index (χ2v) is 6.55. The Balaban J connectivity index is 1.54. The van der Waals surface area contributed by atoms with Gasteiger partial charge in [-0.25, -0.2) is 9.99 Å². The van der Waals surface area contributed by atoms with Crippen molar-refractivity contribution in [2.24, 2.45) is 11.0 Å². The highest BCUT2D eigenvalue weighted by atomic mass is 16.2. The fraction of sp³-hybridized carbons (Fsp3) is 0.647. The first kappa shape index (κ1) is 16.7. The molecule has 1 aromatic rings. The van der Waals surface area contributed by atoms with Crippen LogP contribution in [0.5, 0.6) is 0 Å². The van der Waals surface area contributed by atoms with Crippen LogP contribution < -0.4 is 0 Å². The minimum atomic E-state index is -0.0303. The number of hydrogen-bond donors (Lipinski definition) is 0. The van der Waals surface area contributed by atoms with Crippen molar-refractivity contribution in [2.45, 2.75) is 45.6 Å². The van der Waals surface area contributed by atoms with Crippen molar-refractivity contribution in [2.75, 3.05) is 20.1 Å². The molecule has 0 saturated carbocycles. The molecule has 0 bridgehead atoms. The van der Waals surface area contributed by atoms with E-state index in [9.17, 15) is 9.59 Å². The van der Waals surface area contributed by atoms with Crippen LogP contribution in [-0.4, -0.2) is 57.1 Å². The molecule has 0 radical (unpaired) electrons. The predicted octanol–water partition coefficient (Wildman–Crippen LogP) is 1.29. The van der Waals surface area contributed by atoms with Crippen LogP contribution in [-0.2, 0) is 22.6 Å². The molecule has 0 N–H and O–H groups in total. The van der Waals surface area contributed by atoms with Gasteiger partial charge in [0.1, 0.15) is 11.5 Å². The number of imidazole rings is 1. The van der Waals surface area contributed by atoms with Crippen molar-refractivity contribution < 1.29 is 9.59 Å². The molecule has 2 aliphatic rings. The molecule has 3 rings (SSSR count). The molecule has 0 aliphatic carbocycles. The molecule has 0 aromatic carbocycles. The molecule has 2 amide bonds. The number of carbonyl (C=O) groups is 2. The number of likely N-dealkylation sites (tertiary alicyclic amines) is 1. The number of aromatic nitrogens is 2. The van der Waals surface area contributed by atoms with E-state index in [1.54, 1.807) is 7.05 Å². The molecule has 3 heterocycles. The van der Waals surface area contributed by atoms with Crippen LogP contribution >= 0.6 is 0 Å². The van der Waals surface area contributed by atoms with E-state index >= 15 is 0 Å². The van der Waals surface area contributed by atoms with E-state index in [2.05, 4.69) is 21.6 Å². The summed E-state index contributed by atoms with van der Waals surface area (Å²) in [7, 11) is 1.61. The van der Waals surface area contributed by atoms with E-state index in [-0.39, 0.29) is 11.8 Å². The van der Waals surface area contributed by atoms with Crippen molar-refractivity contribution >= 4 is 17.5 Å². The fourth-order valence-electron chi connectivity index (χ4n) is 3.42. The molecular formula is C17H25N5O2. The van der Waals surface area contributed by atoms with Crippen molar-refractivity contribution in [1.29, 1.82) is 0 Å². The largest absolute Gasteiger partial charge is 0.338 e. The highest BCUT2D eigenvalue weighted by Crippen LogP contribution is 2.21. The quantitative estimate of drug-likeness (QED) is 0.835. The molecule has 0 atom stereocenters. The molecule has 1 saturated heterocycles. The summed E-state index contributed by atoms with van der Waals surface area (Å²) in [6.45, 7) is 4.61. The first-order chi connectivity index (χ1) is 11.6. The molecule has 7 nitrogen and oxygen atoms in total. The Morgan fingerprint density at radius 2 is 2.04 bits per heavy atom. The third kappa shape index (κ3) is 3.49. The summed E-state index contributed by atoms with van der Waals surface area (Å²) in [5.41, 5.74) is 0.512. The number of hydrazone groups is 1. The van der Waals surface area contributed by atoms with Gasteiger partial charge < -0.3 is 9.47 Å². The first-order valence-corrected chi connectivity index (χ1v) is 8.71. The average Bonchev–Trinajstić information content (AvgIpc) is 3.04. The standard InChI is InChI=1S/C17H25N5O2/c1-3-15-18-8-11-22(15)12-13-6-9-21(10-7-13)17(24)14-4-5-16(23)20(2)19-14/h8,11,13H,3-7,9-10,12H2,1-2H3. The Morgan fingerprint density at radius 1 is 1.29 bits per heavy atom. The van der Waals surface area contributed by atoms with Crippen LogP contribution in [0.1, 0.15) is 38.4 Å². The fourth-order valence-corrected chi connectivity index (χ4v) is 3.42. The Kier molecular flexibility index (Phi) is 4.97. The number of carbonyl (C=O) groups excluding carboxylic acids is 2. The lowest BCUT2D eigenvalue weighted by Gasteiger charge is -2.33. The van der Waals surface area contributed by atoms with Gasteiger partial charge in [0, 0.05) is 58.3 Å². The van der Waals surface area contributed by atoms with Crippen LogP contribution in [0.2, 0.25) is 0 Å². The lowest BCUT2D eigenvalue weighted by Crippen LogP contribution is -2.44. The Labute approximate surface area is 142 Å². The average molecular weight is 331 g/mol. The Hall–Kier alpha value is -2.18. The minimum absolute atomic E-state index is 0.00956. The minimum Gasteiger partial charge on any atom is -0.338 e. The zero-order valence-electron chi connectivity index (χ0n) is 14.4. The summed E-state index contributed by atoms with van der Waals surface area (Å²) >= 11 is 0. The van der Waals surface area contributed by atoms with Crippen molar-refractivity contribution in [3.63, 3.8) is 0 Å². The van der Waals surface area contributed by atoms with Crippen molar-refractivity contribution in [3.05, 3.63) is 18.2 Å². The molecule has 1 fully saturated rings. The van der Waals surface area contributed by atoms with Crippen LogP contribution in [0.25, 0.3) is 0 Å². The summed E-state index contributed by atoms with van der Waals surface area (Å²) in [6, 6.07) is 0. The lowest BCUT2D eigenvalue weighted by atomic mass is 9.96. The SMILES string of the molecule is CCc1nccn1CC1CCN(C(=O)C2=NN(C)C(=O)CC2)CC1. The number of piperidine rings is 1. The van der Waals surface area contributed by atoms with Gasteiger partial charge in [-0.05, 0) is 18.8 Å². The third-order valence-corrected chi connectivity index (χ3v) is 4.93. The highest BCUT2D eigenvalue weighted by Gasteiger charge is 2.29. The summed E-state index contributed by atoms with van der Waals surface area (Å²) in [5, 5.41) is 5.42. The van der Waals surface area contributed by atoms with Gasteiger partial charge in [-0.2, -0.15) is 5.10 Å². The van der Waals surface area contributed by atoms with Gasteiger partial charge in [0.25, 0.3) is 5.91 Å². The summed E-state index contributed by atoms with van der Waals surface area (Å²) in [6.07, 6.45) is 7.66. The van der Waals surface area contributed by atoms with Gasteiger partial charge in [0.2, 0.25) is 5.91 Å². The van der Waals surface area contributed by atoms with Crippen molar-refractivity contribution in [1.82, 2.24) is 19.5 Å². The Morgan fingerprint density at radius 3 is 2.71 bits per heavy atom. The predicted molar refractivity (Wildman–Crippen MR) is 90.3 cm³/mol. The van der Waals surface area contributed by atoms with E-state index in [1.165, 1.54) is 5.01 Å². The molecule has 24 heavy (non-hydrogen) atoms. The monoisotopic (exact) mass is 331 g/mol. The number of hydrogen-bond acceptors (Lipinski definition) is 4. The van der Waals surface area contributed by atoms with Crippen molar-refractivity contribution in [3.8, 4) is 0 Å². The van der Waals surface area contributed by atoms with E-state index in [4.69, 9.17) is 0 Å². The molecule has 2 aliphatic heterocycles. The van der Waals surface area contributed by atoms with E-state index in [0.29, 0.717) is 24.5 Å². The van der Waals surface area contributed by atoms with Crippen LogP contribution in [0.4, 0.5) is 0 Å². The second kappa shape index (κ2) is 7.15. The maximum atomic E-state index is 12.6. The smallest absolute Gasteiger partial charge is 0.270 e. The molecule has 130 valence electrons. The first-order valence-electron chi connectivity index (χ1n) is 8.71. The molecule has 7 heteroatoms. The van der Waals surface area contributed by atoms with E-state index in [0.717, 1.165) is 44.7 Å². The van der Waals surface area contributed by atoms with Gasteiger partial charge in [0.05, 0.1) is 0 Å². The van der Waals surface area contributed by atoms with Gasteiger partial charge in [-0.15, -0.1) is 0 Å². The third-order valence-electron chi connectivity index (χ3n) is 4.93. The number of amides is 2. The van der Waals surface area contributed by atoms with Crippen LogP contribution in [0, 0.1) is 5.92 Å².